The normalized spacial score (nSPS) is 10.2. The van der Waals surface area contributed by atoms with Gasteiger partial charge in [-0.2, -0.15) is 5.26 Å². The number of anilines is 1. The first-order valence-corrected chi connectivity index (χ1v) is 5.56. The Morgan fingerprint density at radius 2 is 2.25 bits per heavy atom. The molecule has 4 heteroatoms. The van der Waals surface area contributed by atoms with Crippen molar-refractivity contribution < 1.29 is 4.74 Å². The Hall–Kier alpha value is -1.24. The van der Waals surface area contributed by atoms with E-state index < -0.39 is 0 Å². The molecule has 16 heavy (non-hydrogen) atoms. The average Bonchev–Trinajstić information content (AvgIpc) is 2.24. The van der Waals surface area contributed by atoms with Gasteiger partial charge in [0.1, 0.15) is 6.07 Å². The zero-order valence-electron chi connectivity index (χ0n) is 9.46. The van der Waals surface area contributed by atoms with Crippen molar-refractivity contribution in [3.05, 3.63) is 28.8 Å². The summed E-state index contributed by atoms with van der Waals surface area (Å²) in [6, 6.07) is 7.26. The molecule has 0 aliphatic rings. The van der Waals surface area contributed by atoms with Crippen LogP contribution in [0, 0.1) is 11.3 Å². The molecular formula is C12H15ClN2O. The quantitative estimate of drug-likeness (QED) is 0.802. The summed E-state index contributed by atoms with van der Waals surface area (Å²) in [5, 5.41) is 12.6. The lowest BCUT2D eigenvalue weighted by Gasteiger charge is -2.10. The van der Waals surface area contributed by atoms with Crippen LogP contribution in [-0.4, -0.2) is 19.3 Å². The number of nitrogens with zero attached hydrogens (tertiary/aromatic N) is 1. The van der Waals surface area contributed by atoms with Gasteiger partial charge in [0, 0.05) is 11.6 Å². The topological polar surface area (TPSA) is 45.0 Å². The van der Waals surface area contributed by atoms with Crippen LogP contribution in [0.25, 0.3) is 0 Å². The van der Waals surface area contributed by atoms with Gasteiger partial charge in [-0.1, -0.05) is 11.6 Å². The van der Waals surface area contributed by atoms with Gasteiger partial charge >= 0.3 is 0 Å². The molecular weight excluding hydrogens is 224 g/mol. The molecule has 0 aliphatic carbocycles. The van der Waals surface area contributed by atoms with E-state index in [2.05, 4.69) is 11.4 Å². The van der Waals surface area contributed by atoms with Crippen LogP contribution < -0.4 is 5.32 Å². The Bertz CT molecular complexity index is 385. The maximum atomic E-state index is 8.89. The third-order valence-electron chi connectivity index (χ3n) is 1.97. The summed E-state index contributed by atoms with van der Waals surface area (Å²) in [4.78, 5) is 0. The Kier molecular flexibility index (Phi) is 5.10. The number of nitriles is 1. The van der Waals surface area contributed by atoms with Crippen LogP contribution in [0.15, 0.2) is 18.2 Å². The molecule has 0 unspecified atom stereocenters. The lowest BCUT2D eigenvalue weighted by Crippen LogP contribution is -2.13. The largest absolute Gasteiger partial charge is 0.382 e. The standard InChI is InChI=1S/C12H15ClN2O/c1-9(2)16-6-5-15-12-7-11(13)4-3-10(12)8-14/h3-4,7,9,15H,5-6H2,1-2H3. The van der Waals surface area contributed by atoms with Gasteiger partial charge in [0.05, 0.1) is 24.0 Å². The van der Waals surface area contributed by atoms with Crippen LogP contribution in [0.5, 0.6) is 0 Å². The van der Waals surface area contributed by atoms with Crippen molar-refractivity contribution in [2.45, 2.75) is 20.0 Å². The van der Waals surface area contributed by atoms with Gasteiger partial charge in [0.25, 0.3) is 0 Å². The zero-order chi connectivity index (χ0) is 12.0. The summed E-state index contributed by atoms with van der Waals surface area (Å²) in [5.41, 5.74) is 1.34. The highest BCUT2D eigenvalue weighted by molar-refractivity contribution is 6.30. The van der Waals surface area contributed by atoms with Crippen LogP contribution in [0.3, 0.4) is 0 Å². The Balaban J connectivity index is 2.53. The van der Waals surface area contributed by atoms with Gasteiger partial charge in [0.2, 0.25) is 0 Å². The minimum absolute atomic E-state index is 0.219. The molecule has 1 aromatic carbocycles. The van der Waals surface area contributed by atoms with E-state index in [1.807, 2.05) is 13.8 Å². The second kappa shape index (κ2) is 6.37. The summed E-state index contributed by atoms with van der Waals surface area (Å²) < 4.78 is 5.39. The van der Waals surface area contributed by atoms with Gasteiger partial charge in [-0.15, -0.1) is 0 Å². The minimum Gasteiger partial charge on any atom is -0.382 e. The smallest absolute Gasteiger partial charge is 0.101 e. The van der Waals surface area contributed by atoms with E-state index in [0.717, 1.165) is 5.69 Å². The van der Waals surface area contributed by atoms with Gasteiger partial charge in [0.15, 0.2) is 0 Å². The molecule has 0 amide bonds. The first-order chi connectivity index (χ1) is 7.63. The highest BCUT2D eigenvalue weighted by Crippen LogP contribution is 2.19. The molecule has 3 nitrogen and oxygen atoms in total. The molecule has 1 rings (SSSR count). The lowest BCUT2D eigenvalue weighted by atomic mass is 10.2. The summed E-state index contributed by atoms with van der Waals surface area (Å²) >= 11 is 5.86. The van der Waals surface area contributed by atoms with Crippen LogP contribution >= 0.6 is 11.6 Å². The van der Waals surface area contributed by atoms with E-state index >= 15 is 0 Å². The fourth-order valence-corrected chi connectivity index (χ4v) is 1.41. The summed E-state index contributed by atoms with van der Waals surface area (Å²) in [6.45, 7) is 5.24. The van der Waals surface area contributed by atoms with Crippen molar-refractivity contribution in [2.24, 2.45) is 0 Å². The molecule has 0 aliphatic heterocycles. The molecule has 1 aromatic rings. The number of rotatable bonds is 5. The molecule has 86 valence electrons. The van der Waals surface area contributed by atoms with E-state index in [0.29, 0.717) is 23.7 Å². The maximum absolute atomic E-state index is 8.89. The highest BCUT2D eigenvalue weighted by Gasteiger charge is 2.02. The number of nitrogens with one attached hydrogen (secondary N) is 1. The fraction of sp³-hybridized carbons (Fsp3) is 0.417. The van der Waals surface area contributed by atoms with Crippen molar-refractivity contribution >= 4 is 17.3 Å². The monoisotopic (exact) mass is 238 g/mol. The SMILES string of the molecule is CC(C)OCCNc1cc(Cl)ccc1C#N. The zero-order valence-corrected chi connectivity index (χ0v) is 10.2. The molecule has 0 fully saturated rings. The first kappa shape index (κ1) is 12.8. The number of halogens is 1. The third kappa shape index (κ3) is 4.09. The first-order valence-electron chi connectivity index (χ1n) is 5.18. The number of benzene rings is 1. The Morgan fingerprint density at radius 1 is 1.50 bits per heavy atom. The van der Waals surface area contributed by atoms with Gasteiger partial charge in [-0.3, -0.25) is 0 Å². The van der Waals surface area contributed by atoms with Crippen molar-refractivity contribution in [1.29, 1.82) is 5.26 Å². The average molecular weight is 239 g/mol. The van der Waals surface area contributed by atoms with Crippen LogP contribution in [0.1, 0.15) is 19.4 Å². The maximum Gasteiger partial charge on any atom is 0.101 e. The fourth-order valence-electron chi connectivity index (χ4n) is 1.24. The van der Waals surface area contributed by atoms with Crippen molar-refractivity contribution in [3.8, 4) is 6.07 Å². The van der Waals surface area contributed by atoms with Gasteiger partial charge in [-0.05, 0) is 32.0 Å². The summed E-state index contributed by atoms with van der Waals surface area (Å²) in [7, 11) is 0. The van der Waals surface area contributed by atoms with Crippen molar-refractivity contribution in [1.82, 2.24) is 0 Å². The van der Waals surface area contributed by atoms with E-state index in [4.69, 9.17) is 21.6 Å². The molecule has 0 radical (unpaired) electrons. The van der Waals surface area contributed by atoms with Gasteiger partial charge < -0.3 is 10.1 Å². The van der Waals surface area contributed by atoms with Crippen molar-refractivity contribution in [3.63, 3.8) is 0 Å². The molecule has 0 saturated heterocycles. The Labute approximate surface area is 101 Å². The molecule has 0 atom stereocenters. The predicted molar refractivity (Wildman–Crippen MR) is 65.7 cm³/mol. The third-order valence-corrected chi connectivity index (χ3v) is 2.21. The second-order valence-corrected chi connectivity index (χ2v) is 4.08. The van der Waals surface area contributed by atoms with E-state index in [9.17, 15) is 0 Å². The molecule has 0 heterocycles. The van der Waals surface area contributed by atoms with Crippen molar-refractivity contribution in [2.75, 3.05) is 18.5 Å². The molecule has 0 saturated carbocycles. The van der Waals surface area contributed by atoms with Gasteiger partial charge in [-0.25, -0.2) is 0 Å². The summed E-state index contributed by atoms with van der Waals surface area (Å²) in [5.74, 6) is 0. The number of hydrogen-bond acceptors (Lipinski definition) is 3. The molecule has 0 bridgehead atoms. The molecule has 1 N–H and O–H groups in total. The number of ether oxygens (including phenoxy) is 1. The lowest BCUT2D eigenvalue weighted by molar-refractivity contribution is 0.0870. The predicted octanol–water partition coefficient (Wildman–Crippen LogP) is 3.05. The number of hydrogen-bond donors (Lipinski definition) is 1. The Morgan fingerprint density at radius 3 is 2.88 bits per heavy atom. The minimum atomic E-state index is 0.219. The molecule has 0 spiro atoms. The van der Waals surface area contributed by atoms with E-state index in [1.54, 1.807) is 18.2 Å². The van der Waals surface area contributed by atoms with Crippen LogP contribution in [0.2, 0.25) is 5.02 Å². The van der Waals surface area contributed by atoms with E-state index in [-0.39, 0.29) is 6.10 Å². The second-order valence-electron chi connectivity index (χ2n) is 3.65. The van der Waals surface area contributed by atoms with Crippen LogP contribution in [0.4, 0.5) is 5.69 Å². The summed E-state index contributed by atoms with van der Waals surface area (Å²) in [6.07, 6.45) is 0.219. The highest BCUT2D eigenvalue weighted by atomic mass is 35.5. The van der Waals surface area contributed by atoms with Crippen LogP contribution in [-0.2, 0) is 4.74 Å². The van der Waals surface area contributed by atoms with E-state index in [1.165, 1.54) is 0 Å². The molecule has 0 aromatic heterocycles.